The van der Waals surface area contributed by atoms with E-state index in [1.807, 2.05) is 36.4 Å². The molecule has 3 aromatic carbocycles. The summed E-state index contributed by atoms with van der Waals surface area (Å²) < 4.78 is 0. The van der Waals surface area contributed by atoms with Crippen LogP contribution in [0.15, 0.2) is 91.0 Å². The van der Waals surface area contributed by atoms with Gasteiger partial charge >= 0.3 is 0 Å². The molecule has 1 atom stereocenters. The molecule has 0 aromatic heterocycles. The van der Waals surface area contributed by atoms with Gasteiger partial charge in [-0.3, -0.25) is 4.79 Å². The van der Waals surface area contributed by atoms with E-state index in [9.17, 15) is 4.79 Å². The molecule has 0 amide bonds. The lowest BCUT2D eigenvalue weighted by Crippen LogP contribution is -2.48. The van der Waals surface area contributed by atoms with Crippen LogP contribution in [0.1, 0.15) is 27.9 Å². The molecule has 3 aromatic rings. The van der Waals surface area contributed by atoms with Crippen molar-refractivity contribution in [3.63, 3.8) is 0 Å². The van der Waals surface area contributed by atoms with E-state index >= 15 is 0 Å². The number of ketones is 1. The molecule has 0 heterocycles. The van der Waals surface area contributed by atoms with Gasteiger partial charge in [-0.2, -0.15) is 0 Å². The summed E-state index contributed by atoms with van der Waals surface area (Å²) in [4.78, 5) is 12.9. The van der Waals surface area contributed by atoms with E-state index in [0.717, 1.165) is 5.56 Å². The molecule has 0 bridgehead atoms. The number of Topliss-reactive ketones (excluding diaryl/α,β-unsaturated/α-hetero) is 1. The minimum Gasteiger partial charge on any atom is -0.294 e. The molecule has 0 aliphatic heterocycles. The van der Waals surface area contributed by atoms with Crippen molar-refractivity contribution in [1.82, 2.24) is 0 Å². The molecule has 0 N–H and O–H groups in total. The number of carbonyl (C=O) groups excluding carboxylic acids is 1. The van der Waals surface area contributed by atoms with E-state index in [1.54, 1.807) is 0 Å². The lowest BCUT2D eigenvalue weighted by molar-refractivity contribution is 0.0980. The Kier molecular flexibility index (Phi) is 5.30. The summed E-state index contributed by atoms with van der Waals surface area (Å²) in [6.07, 6.45) is 0.558. The molecule has 1 nitrogen and oxygen atoms in total. The monoisotopic (exact) mass is 344 g/mol. The number of hydrogen-bond donors (Lipinski definition) is 0. The summed E-state index contributed by atoms with van der Waals surface area (Å²) in [6, 6.07) is 30.9. The van der Waals surface area contributed by atoms with Crippen LogP contribution < -0.4 is 5.19 Å². The first-order valence-corrected chi connectivity index (χ1v) is 11.9. The largest absolute Gasteiger partial charge is 0.294 e. The highest BCUT2D eigenvalue weighted by atomic mass is 28.3. The molecule has 25 heavy (non-hydrogen) atoms. The van der Waals surface area contributed by atoms with Crippen LogP contribution in [0.3, 0.4) is 0 Å². The van der Waals surface area contributed by atoms with Crippen molar-refractivity contribution in [3.8, 4) is 0 Å². The minimum atomic E-state index is -1.87. The number of hydrogen-bond acceptors (Lipinski definition) is 1. The van der Waals surface area contributed by atoms with Crippen LogP contribution >= 0.6 is 0 Å². The molecule has 0 saturated heterocycles. The Hall–Kier alpha value is -2.45. The molecule has 0 aliphatic rings. The zero-order chi connectivity index (χ0) is 17.7. The SMILES string of the molecule is C[Si](C)(c1ccccc1)[C@H](CC(=O)c1ccccc1)c1ccccc1. The Morgan fingerprint density at radius 3 is 1.80 bits per heavy atom. The quantitative estimate of drug-likeness (QED) is 0.444. The van der Waals surface area contributed by atoms with Crippen molar-refractivity contribution >= 4 is 19.0 Å². The first-order valence-electron chi connectivity index (χ1n) is 8.78. The number of rotatable bonds is 6. The van der Waals surface area contributed by atoms with Gasteiger partial charge in [-0.15, -0.1) is 0 Å². The van der Waals surface area contributed by atoms with Gasteiger partial charge in [0, 0.05) is 12.0 Å². The fourth-order valence-corrected chi connectivity index (χ4v) is 6.65. The molecule has 2 heteroatoms. The average Bonchev–Trinajstić information content (AvgIpc) is 2.68. The zero-order valence-corrected chi connectivity index (χ0v) is 15.9. The van der Waals surface area contributed by atoms with Gasteiger partial charge in [-0.05, 0) is 11.1 Å². The van der Waals surface area contributed by atoms with Gasteiger partial charge in [-0.25, -0.2) is 0 Å². The van der Waals surface area contributed by atoms with Gasteiger partial charge in [0.25, 0.3) is 0 Å². The van der Waals surface area contributed by atoms with Crippen LogP contribution in [0.4, 0.5) is 0 Å². The molecule has 126 valence electrons. The first-order chi connectivity index (χ1) is 12.1. The van der Waals surface area contributed by atoms with Crippen molar-refractivity contribution in [3.05, 3.63) is 102 Å². The predicted molar refractivity (Wildman–Crippen MR) is 108 cm³/mol. The smallest absolute Gasteiger partial charge is 0.163 e. The molecular formula is C23H24OSi. The Morgan fingerprint density at radius 2 is 1.24 bits per heavy atom. The average molecular weight is 345 g/mol. The van der Waals surface area contributed by atoms with E-state index in [2.05, 4.69) is 67.7 Å². The normalized spacial score (nSPS) is 12.6. The minimum absolute atomic E-state index is 0.228. The summed E-state index contributed by atoms with van der Waals surface area (Å²) in [5, 5.41) is 1.39. The Bertz CT molecular complexity index is 810. The van der Waals surface area contributed by atoms with Crippen molar-refractivity contribution < 1.29 is 4.79 Å². The fraction of sp³-hybridized carbons (Fsp3) is 0.174. The Balaban J connectivity index is 1.98. The molecule has 3 rings (SSSR count). The molecule has 0 unspecified atom stereocenters. The highest BCUT2D eigenvalue weighted by Gasteiger charge is 2.36. The predicted octanol–water partition coefficient (Wildman–Crippen LogP) is 5.20. The van der Waals surface area contributed by atoms with Gasteiger partial charge in [-0.1, -0.05) is 109 Å². The summed E-state index contributed by atoms with van der Waals surface area (Å²) in [5.41, 5.74) is 2.33. The molecule has 0 fully saturated rings. The van der Waals surface area contributed by atoms with Crippen LogP contribution in [-0.4, -0.2) is 13.9 Å². The highest BCUT2D eigenvalue weighted by Crippen LogP contribution is 2.31. The van der Waals surface area contributed by atoms with Gasteiger partial charge < -0.3 is 0 Å². The summed E-state index contributed by atoms with van der Waals surface area (Å²) >= 11 is 0. The molecule has 0 spiro atoms. The van der Waals surface area contributed by atoms with Crippen LogP contribution in [-0.2, 0) is 0 Å². The third kappa shape index (κ3) is 3.97. The van der Waals surface area contributed by atoms with Crippen molar-refractivity contribution in [1.29, 1.82) is 0 Å². The van der Waals surface area contributed by atoms with E-state index < -0.39 is 8.07 Å². The van der Waals surface area contributed by atoms with Crippen LogP contribution in [0, 0.1) is 0 Å². The van der Waals surface area contributed by atoms with E-state index in [1.165, 1.54) is 10.8 Å². The third-order valence-electron chi connectivity index (χ3n) is 5.08. The molecule has 0 aliphatic carbocycles. The number of carbonyl (C=O) groups is 1. The van der Waals surface area contributed by atoms with Gasteiger partial charge in [0.1, 0.15) is 0 Å². The van der Waals surface area contributed by atoms with Crippen molar-refractivity contribution in [2.45, 2.75) is 25.1 Å². The van der Waals surface area contributed by atoms with Crippen LogP contribution in [0.25, 0.3) is 0 Å². The maximum Gasteiger partial charge on any atom is 0.163 e. The molecular weight excluding hydrogens is 320 g/mol. The molecule has 0 saturated carbocycles. The van der Waals surface area contributed by atoms with E-state index in [0.29, 0.717) is 6.42 Å². The van der Waals surface area contributed by atoms with Gasteiger partial charge in [0.05, 0.1) is 8.07 Å². The first kappa shape index (κ1) is 17.4. The second-order valence-corrected chi connectivity index (χ2v) is 11.8. The third-order valence-corrected chi connectivity index (χ3v) is 9.18. The highest BCUT2D eigenvalue weighted by molar-refractivity contribution is 6.91. The van der Waals surface area contributed by atoms with Crippen LogP contribution in [0.2, 0.25) is 13.1 Å². The van der Waals surface area contributed by atoms with Gasteiger partial charge in [0.15, 0.2) is 5.78 Å². The van der Waals surface area contributed by atoms with Crippen molar-refractivity contribution in [2.24, 2.45) is 0 Å². The standard InChI is InChI=1S/C23H24OSi/c1-25(2,21-16-10-5-11-17-21)23(20-14-8-4-9-15-20)18-22(24)19-12-6-3-7-13-19/h3-17,23H,18H2,1-2H3/t23-/m1/s1. The fourth-order valence-electron chi connectivity index (χ4n) is 3.47. The van der Waals surface area contributed by atoms with E-state index in [4.69, 9.17) is 0 Å². The van der Waals surface area contributed by atoms with Crippen molar-refractivity contribution in [2.75, 3.05) is 0 Å². The summed E-state index contributed by atoms with van der Waals surface area (Å²) in [6.45, 7) is 4.75. The maximum absolute atomic E-state index is 12.9. The zero-order valence-electron chi connectivity index (χ0n) is 14.9. The maximum atomic E-state index is 12.9. The second kappa shape index (κ2) is 7.62. The second-order valence-electron chi connectivity index (χ2n) is 7.04. The van der Waals surface area contributed by atoms with E-state index in [-0.39, 0.29) is 11.3 Å². The molecule has 0 radical (unpaired) electrons. The summed E-state index contributed by atoms with van der Waals surface area (Å²) in [7, 11) is -1.87. The lowest BCUT2D eigenvalue weighted by atomic mass is 10.0. The number of benzene rings is 3. The summed E-state index contributed by atoms with van der Waals surface area (Å²) in [5.74, 6) is 0.228. The topological polar surface area (TPSA) is 17.1 Å². The lowest BCUT2D eigenvalue weighted by Gasteiger charge is -2.33. The van der Waals surface area contributed by atoms with Gasteiger partial charge in [0.2, 0.25) is 0 Å². The van der Waals surface area contributed by atoms with Crippen LogP contribution in [0.5, 0.6) is 0 Å². The Morgan fingerprint density at radius 1 is 0.760 bits per heavy atom. The Labute approximate surface area is 151 Å².